The molecule has 88 valence electrons. The minimum Gasteiger partial charge on any atom is -0.314 e. The van der Waals surface area contributed by atoms with Crippen LogP contribution in [0.4, 0.5) is 0 Å². The van der Waals surface area contributed by atoms with Crippen LogP contribution in [0.15, 0.2) is 0 Å². The van der Waals surface area contributed by atoms with Gasteiger partial charge in [-0.1, -0.05) is 39.5 Å². The van der Waals surface area contributed by atoms with Gasteiger partial charge in [-0.05, 0) is 43.6 Å². The van der Waals surface area contributed by atoms with E-state index in [1.165, 1.54) is 51.5 Å². The molecule has 2 fully saturated rings. The van der Waals surface area contributed by atoms with E-state index in [0.29, 0.717) is 0 Å². The average Bonchev–Trinajstić information content (AvgIpc) is 3.02. The molecule has 2 saturated carbocycles. The molecule has 0 saturated heterocycles. The van der Waals surface area contributed by atoms with Crippen LogP contribution in [0.25, 0.3) is 0 Å². The molecule has 0 amide bonds. The van der Waals surface area contributed by atoms with Crippen LogP contribution in [0.2, 0.25) is 0 Å². The normalized spacial score (nSPS) is 32.2. The molecule has 0 aromatic carbocycles. The van der Waals surface area contributed by atoms with Gasteiger partial charge >= 0.3 is 0 Å². The van der Waals surface area contributed by atoms with Crippen LogP contribution in [-0.2, 0) is 0 Å². The van der Waals surface area contributed by atoms with E-state index in [2.05, 4.69) is 19.2 Å². The summed E-state index contributed by atoms with van der Waals surface area (Å²) < 4.78 is 0. The first-order chi connectivity index (χ1) is 7.25. The highest BCUT2D eigenvalue weighted by Crippen LogP contribution is 2.33. The monoisotopic (exact) mass is 209 g/mol. The highest BCUT2D eigenvalue weighted by molar-refractivity contribution is 4.81. The van der Waals surface area contributed by atoms with Crippen molar-refractivity contribution in [2.24, 2.45) is 17.8 Å². The standard InChI is InChI=1S/C14H27N/c1-11(2)13-4-3-5-14(10-13)15-9-8-12-6-7-12/h11-15H,3-10H2,1-2H3. The lowest BCUT2D eigenvalue weighted by molar-refractivity contribution is 0.231. The van der Waals surface area contributed by atoms with E-state index in [9.17, 15) is 0 Å². The van der Waals surface area contributed by atoms with Crippen molar-refractivity contribution in [1.29, 1.82) is 0 Å². The largest absolute Gasteiger partial charge is 0.314 e. The highest BCUT2D eigenvalue weighted by atomic mass is 14.9. The molecule has 2 aliphatic rings. The van der Waals surface area contributed by atoms with Gasteiger partial charge in [0.2, 0.25) is 0 Å². The summed E-state index contributed by atoms with van der Waals surface area (Å²) in [6.07, 6.45) is 10.2. The number of nitrogens with one attached hydrogen (secondary N) is 1. The van der Waals surface area contributed by atoms with Crippen LogP contribution in [0.5, 0.6) is 0 Å². The van der Waals surface area contributed by atoms with Crippen molar-refractivity contribution in [3.05, 3.63) is 0 Å². The minimum atomic E-state index is 0.838. The molecule has 0 aliphatic heterocycles. The maximum absolute atomic E-state index is 3.78. The maximum Gasteiger partial charge on any atom is 0.00698 e. The Bertz CT molecular complexity index is 184. The van der Waals surface area contributed by atoms with Crippen molar-refractivity contribution in [3.63, 3.8) is 0 Å². The predicted octanol–water partition coefficient (Wildman–Crippen LogP) is 3.59. The van der Waals surface area contributed by atoms with Crippen LogP contribution in [0, 0.1) is 17.8 Å². The van der Waals surface area contributed by atoms with Crippen molar-refractivity contribution in [3.8, 4) is 0 Å². The Kier molecular flexibility index (Phi) is 4.07. The van der Waals surface area contributed by atoms with Crippen LogP contribution in [-0.4, -0.2) is 12.6 Å². The third kappa shape index (κ3) is 3.79. The fourth-order valence-corrected chi connectivity index (χ4v) is 2.92. The highest BCUT2D eigenvalue weighted by Gasteiger charge is 2.25. The minimum absolute atomic E-state index is 0.838. The van der Waals surface area contributed by atoms with Gasteiger partial charge in [-0.25, -0.2) is 0 Å². The van der Waals surface area contributed by atoms with Crippen LogP contribution < -0.4 is 5.32 Å². The summed E-state index contributed by atoms with van der Waals surface area (Å²) in [4.78, 5) is 0. The van der Waals surface area contributed by atoms with Crippen molar-refractivity contribution in [2.45, 2.75) is 64.8 Å². The molecule has 1 nitrogen and oxygen atoms in total. The summed E-state index contributed by atoms with van der Waals surface area (Å²) >= 11 is 0. The first-order valence-corrected chi connectivity index (χ1v) is 6.99. The molecule has 1 heteroatoms. The van der Waals surface area contributed by atoms with Crippen molar-refractivity contribution >= 4 is 0 Å². The molecule has 2 atom stereocenters. The molecule has 0 heterocycles. The van der Waals surface area contributed by atoms with Crippen LogP contribution in [0.3, 0.4) is 0 Å². The van der Waals surface area contributed by atoms with Gasteiger partial charge in [0.15, 0.2) is 0 Å². The molecule has 0 bridgehead atoms. The van der Waals surface area contributed by atoms with Crippen LogP contribution >= 0.6 is 0 Å². The first kappa shape index (κ1) is 11.4. The van der Waals surface area contributed by atoms with Crippen LogP contribution in [0.1, 0.15) is 58.8 Å². The lowest BCUT2D eigenvalue weighted by Gasteiger charge is -2.32. The zero-order valence-electron chi connectivity index (χ0n) is 10.5. The Hall–Kier alpha value is -0.0400. The lowest BCUT2D eigenvalue weighted by Crippen LogP contribution is -2.36. The molecule has 0 aromatic heterocycles. The molecule has 2 rings (SSSR count). The van der Waals surface area contributed by atoms with E-state index in [4.69, 9.17) is 0 Å². The van der Waals surface area contributed by atoms with E-state index in [1.54, 1.807) is 0 Å². The summed E-state index contributed by atoms with van der Waals surface area (Å²) in [6.45, 7) is 6.05. The zero-order chi connectivity index (χ0) is 10.7. The fraction of sp³-hybridized carbons (Fsp3) is 1.00. The van der Waals surface area contributed by atoms with Gasteiger partial charge in [0.05, 0.1) is 0 Å². The number of rotatable bonds is 5. The second-order valence-electron chi connectivity index (χ2n) is 6.05. The third-order valence-corrected chi connectivity index (χ3v) is 4.34. The van der Waals surface area contributed by atoms with Gasteiger partial charge in [-0.2, -0.15) is 0 Å². The molecule has 0 aromatic rings. The molecule has 2 unspecified atom stereocenters. The van der Waals surface area contributed by atoms with Gasteiger partial charge in [0.1, 0.15) is 0 Å². The Morgan fingerprint density at radius 2 is 1.93 bits per heavy atom. The van der Waals surface area contributed by atoms with Gasteiger partial charge in [-0.15, -0.1) is 0 Å². The molecule has 15 heavy (non-hydrogen) atoms. The van der Waals surface area contributed by atoms with E-state index < -0.39 is 0 Å². The maximum atomic E-state index is 3.78. The Labute approximate surface area is 95.0 Å². The fourth-order valence-electron chi connectivity index (χ4n) is 2.92. The summed E-state index contributed by atoms with van der Waals surface area (Å²) in [6, 6.07) is 0.838. The number of hydrogen-bond donors (Lipinski definition) is 1. The third-order valence-electron chi connectivity index (χ3n) is 4.34. The first-order valence-electron chi connectivity index (χ1n) is 6.99. The van der Waals surface area contributed by atoms with E-state index in [0.717, 1.165) is 23.8 Å². The summed E-state index contributed by atoms with van der Waals surface area (Å²) in [5.41, 5.74) is 0. The zero-order valence-corrected chi connectivity index (χ0v) is 10.5. The van der Waals surface area contributed by atoms with E-state index >= 15 is 0 Å². The second-order valence-corrected chi connectivity index (χ2v) is 6.05. The second kappa shape index (κ2) is 5.34. The van der Waals surface area contributed by atoms with Crippen molar-refractivity contribution in [2.75, 3.05) is 6.54 Å². The van der Waals surface area contributed by atoms with Gasteiger partial charge in [0, 0.05) is 6.04 Å². The molecular weight excluding hydrogens is 182 g/mol. The molecule has 0 radical (unpaired) electrons. The lowest BCUT2D eigenvalue weighted by atomic mass is 9.79. The summed E-state index contributed by atoms with van der Waals surface area (Å²) in [5, 5.41) is 3.78. The molecular formula is C14H27N. The quantitative estimate of drug-likeness (QED) is 0.729. The van der Waals surface area contributed by atoms with E-state index in [1.807, 2.05) is 0 Å². The van der Waals surface area contributed by atoms with Crippen molar-refractivity contribution < 1.29 is 0 Å². The Balaban J connectivity index is 1.62. The molecule has 2 aliphatic carbocycles. The molecule has 1 N–H and O–H groups in total. The number of hydrogen-bond acceptors (Lipinski definition) is 1. The summed E-state index contributed by atoms with van der Waals surface area (Å²) in [7, 11) is 0. The van der Waals surface area contributed by atoms with Crippen molar-refractivity contribution in [1.82, 2.24) is 5.32 Å². The average molecular weight is 209 g/mol. The van der Waals surface area contributed by atoms with E-state index in [-0.39, 0.29) is 0 Å². The topological polar surface area (TPSA) is 12.0 Å². The Morgan fingerprint density at radius 1 is 1.13 bits per heavy atom. The molecule has 0 spiro atoms. The smallest absolute Gasteiger partial charge is 0.00698 e. The van der Waals surface area contributed by atoms with Gasteiger partial charge in [0.25, 0.3) is 0 Å². The summed E-state index contributed by atoms with van der Waals surface area (Å²) in [5.74, 6) is 2.96. The van der Waals surface area contributed by atoms with Gasteiger partial charge < -0.3 is 5.32 Å². The van der Waals surface area contributed by atoms with Gasteiger partial charge in [-0.3, -0.25) is 0 Å². The predicted molar refractivity (Wildman–Crippen MR) is 65.9 cm³/mol. The Morgan fingerprint density at radius 3 is 2.60 bits per heavy atom. The SMILES string of the molecule is CC(C)C1CCCC(NCCC2CC2)C1.